The van der Waals surface area contributed by atoms with Crippen LogP contribution in [0.25, 0.3) is 4.85 Å². The van der Waals surface area contributed by atoms with E-state index < -0.39 is 11.9 Å². The van der Waals surface area contributed by atoms with E-state index in [1.165, 1.54) is 18.2 Å². The quantitative estimate of drug-likeness (QED) is 0.337. The normalized spacial score (nSPS) is 11.4. The lowest BCUT2D eigenvalue weighted by molar-refractivity contribution is -0.143. The van der Waals surface area contributed by atoms with Crippen LogP contribution in [0.4, 0.5) is 18.9 Å². The summed E-state index contributed by atoms with van der Waals surface area (Å²) < 4.78 is 45.7. The molecule has 0 fully saturated rings. The minimum atomic E-state index is -4.58. The van der Waals surface area contributed by atoms with Crippen LogP contribution in [0.1, 0.15) is 17.1 Å². The minimum Gasteiger partial charge on any atom is -0.376 e. The van der Waals surface area contributed by atoms with Gasteiger partial charge in [-0.25, -0.2) is 9.83 Å². The first kappa shape index (κ1) is 21.2. The fourth-order valence-electron chi connectivity index (χ4n) is 2.50. The molecule has 0 aliphatic heterocycles. The van der Waals surface area contributed by atoms with Gasteiger partial charge in [-0.05, 0) is 23.8 Å². The van der Waals surface area contributed by atoms with Crippen LogP contribution in [0, 0.1) is 6.57 Å². The monoisotopic (exact) mass is 437 g/mol. The zero-order valence-electron chi connectivity index (χ0n) is 15.0. The molecule has 0 saturated heterocycles. The van der Waals surface area contributed by atoms with E-state index in [9.17, 15) is 13.2 Å². The number of aromatic nitrogens is 2. The summed E-state index contributed by atoms with van der Waals surface area (Å²) in [6, 6.07) is 13.9. The van der Waals surface area contributed by atoms with Crippen molar-refractivity contribution in [2.45, 2.75) is 29.1 Å². The Morgan fingerprint density at radius 3 is 2.62 bits per heavy atom. The van der Waals surface area contributed by atoms with Crippen molar-refractivity contribution in [2.24, 2.45) is 0 Å². The smallest absolute Gasteiger partial charge is 0.376 e. The van der Waals surface area contributed by atoms with E-state index in [1.807, 2.05) is 30.3 Å². The van der Waals surface area contributed by atoms with Gasteiger partial charge >= 0.3 is 6.18 Å². The molecule has 0 amide bonds. The average Bonchev–Trinajstić information content (AvgIpc) is 3.08. The molecular weight excluding hydrogens is 423 g/mol. The van der Waals surface area contributed by atoms with Gasteiger partial charge in [0.15, 0.2) is 11.4 Å². The molecule has 3 rings (SSSR count). The molecule has 4 nitrogen and oxygen atoms in total. The third-order valence-electron chi connectivity index (χ3n) is 3.80. The summed E-state index contributed by atoms with van der Waals surface area (Å²) in [7, 11) is 0. The van der Waals surface area contributed by atoms with Crippen LogP contribution in [0.5, 0.6) is 0 Å². The van der Waals surface area contributed by atoms with Crippen molar-refractivity contribution in [2.75, 3.05) is 6.61 Å². The zero-order valence-corrected chi connectivity index (χ0v) is 16.5. The van der Waals surface area contributed by atoms with Gasteiger partial charge in [0.2, 0.25) is 0 Å². The Balaban J connectivity index is 1.71. The number of ether oxygens (including phenoxy) is 1. The van der Waals surface area contributed by atoms with Gasteiger partial charge in [-0.15, -0.1) is 0 Å². The number of hydrogen-bond acceptors (Lipinski definition) is 3. The van der Waals surface area contributed by atoms with Gasteiger partial charge in [-0.1, -0.05) is 53.7 Å². The van der Waals surface area contributed by atoms with Gasteiger partial charge in [0, 0.05) is 16.3 Å². The van der Waals surface area contributed by atoms with Gasteiger partial charge in [-0.2, -0.15) is 13.2 Å². The SMILES string of the molecule is [C-]#[N+]c1cc(Cl)cc(Sc2nc(CCOCc3ccccc3)[nH]c2C(F)(F)F)c1. The molecule has 0 aliphatic rings. The second-order valence-corrected chi connectivity index (χ2v) is 7.51. The Labute approximate surface area is 174 Å². The molecule has 3 aromatic rings. The van der Waals surface area contributed by atoms with Gasteiger partial charge in [0.25, 0.3) is 0 Å². The summed E-state index contributed by atoms with van der Waals surface area (Å²) >= 11 is 6.75. The number of rotatable bonds is 7. The van der Waals surface area contributed by atoms with Crippen molar-refractivity contribution in [3.05, 3.63) is 82.1 Å². The maximum atomic E-state index is 13.4. The van der Waals surface area contributed by atoms with Gasteiger partial charge in [0.05, 0.1) is 19.8 Å². The van der Waals surface area contributed by atoms with Crippen molar-refractivity contribution >= 4 is 29.1 Å². The molecule has 0 aliphatic carbocycles. The highest BCUT2D eigenvalue weighted by Gasteiger charge is 2.37. The average molecular weight is 438 g/mol. The standard InChI is InChI=1S/C20H15ClF3N3OS/c1-25-15-9-14(21)10-16(11-15)29-19-18(20(22,23)24)26-17(27-19)7-8-28-12-13-5-3-2-4-6-13/h2-6,9-11H,7-8,12H2,(H,26,27). The number of alkyl halides is 3. The first-order valence-corrected chi connectivity index (χ1v) is 9.68. The summed E-state index contributed by atoms with van der Waals surface area (Å²) in [5.74, 6) is 0.181. The third-order valence-corrected chi connectivity index (χ3v) is 4.98. The number of aromatic amines is 1. The van der Waals surface area contributed by atoms with E-state index in [0.717, 1.165) is 17.3 Å². The predicted octanol–water partition coefficient (Wildman–Crippen LogP) is 6.54. The minimum absolute atomic E-state index is 0.181. The molecule has 0 unspecified atom stereocenters. The molecular formula is C20H15ClF3N3OS. The number of hydrogen-bond donors (Lipinski definition) is 1. The Morgan fingerprint density at radius 1 is 1.17 bits per heavy atom. The lowest BCUT2D eigenvalue weighted by Crippen LogP contribution is -2.07. The second kappa shape index (κ2) is 9.35. The van der Waals surface area contributed by atoms with Crippen LogP contribution in [0.3, 0.4) is 0 Å². The van der Waals surface area contributed by atoms with Crippen molar-refractivity contribution < 1.29 is 17.9 Å². The van der Waals surface area contributed by atoms with Gasteiger partial charge in [0.1, 0.15) is 10.9 Å². The van der Waals surface area contributed by atoms with E-state index >= 15 is 0 Å². The van der Waals surface area contributed by atoms with Gasteiger partial charge < -0.3 is 9.72 Å². The number of nitrogens with zero attached hydrogens (tertiary/aromatic N) is 2. The van der Waals surface area contributed by atoms with Crippen LogP contribution in [-0.4, -0.2) is 16.6 Å². The third kappa shape index (κ3) is 6.00. The lowest BCUT2D eigenvalue weighted by Gasteiger charge is -2.06. The second-order valence-electron chi connectivity index (χ2n) is 6.01. The summed E-state index contributed by atoms with van der Waals surface area (Å²) in [6.45, 7) is 7.66. The fourth-order valence-corrected chi connectivity index (χ4v) is 3.81. The van der Waals surface area contributed by atoms with E-state index in [2.05, 4.69) is 14.8 Å². The molecule has 2 aromatic carbocycles. The Kier molecular flexibility index (Phi) is 6.85. The van der Waals surface area contributed by atoms with E-state index in [1.54, 1.807) is 0 Å². The van der Waals surface area contributed by atoms with Crippen LogP contribution in [0.15, 0.2) is 58.5 Å². The van der Waals surface area contributed by atoms with Gasteiger partial charge in [-0.3, -0.25) is 0 Å². The molecule has 0 bridgehead atoms. The molecule has 0 spiro atoms. The van der Waals surface area contributed by atoms with Crippen molar-refractivity contribution in [3.63, 3.8) is 0 Å². The Morgan fingerprint density at radius 2 is 1.93 bits per heavy atom. The summed E-state index contributed by atoms with van der Waals surface area (Å²) in [6.07, 6.45) is -4.38. The van der Waals surface area contributed by atoms with Crippen molar-refractivity contribution in [1.82, 2.24) is 9.97 Å². The molecule has 29 heavy (non-hydrogen) atoms. The largest absolute Gasteiger partial charge is 0.433 e. The zero-order chi connectivity index (χ0) is 20.9. The summed E-state index contributed by atoms with van der Waals surface area (Å²) in [5.41, 5.74) is 0.305. The highest BCUT2D eigenvalue weighted by molar-refractivity contribution is 7.99. The van der Waals surface area contributed by atoms with Crippen LogP contribution < -0.4 is 0 Å². The molecule has 0 radical (unpaired) electrons. The highest BCUT2D eigenvalue weighted by Crippen LogP contribution is 2.39. The molecule has 150 valence electrons. The fraction of sp³-hybridized carbons (Fsp3) is 0.200. The van der Waals surface area contributed by atoms with Crippen molar-refractivity contribution in [3.8, 4) is 0 Å². The van der Waals surface area contributed by atoms with Crippen LogP contribution in [0.2, 0.25) is 5.02 Å². The van der Waals surface area contributed by atoms with Crippen LogP contribution in [-0.2, 0) is 23.9 Å². The lowest BCUT2D eigenvalue weighted by atomic mass is 10.2. The Bertz CT molecular complexity index is 1020. The summed E-state index contributed by atoms with van der Waals surface area (Å²) in [5, 5.41) is 0.0633. The molecule has 1 aromatic heterocycles. The number of benzene rings is 2. The first-order valence-electron chi connectivity index (χ1n) is 8.49. The predicted molar refractivity (Wildman–Crippen MR) is 105 cm³/mol. The molecule has 0 saturated carbocycles. The molecule has 0 atom stereocenters. The maximum Gasteiger partial charge on any atom is 0.433 e. The first-order chi connectivity index (χ1) is 13.8. The number of H-pyrrole nitrogens is 1. The maximum absolute atomic E-state index is 13.4. The molecule has 1 heterocycles. The molecule has 9 heteroatoms. The van der Waals surface area contributed by atoms with E-state index in [4.69, 9.17) is 22.9 Å². The number of imidazole rings is 1. The number of halogens is 4. The van der Waals surface area contributed by atoms with E-state index in [0.29, 0.717) is 11.5 Å². The highest BCUT2D eigenvalue weighted by atomic mass is 35.5. The molecule has 1 N–H and O–H groups in total. The van der Waals surface area contributed by atoms with Crippen LogP contribution >= 0.6 is 23.4 Å². The number of nitrogens with one attached hydrogen (secondary N) is 1. The summed E-state index contributed by atoms with van der Waals surface area (Å²) in [4.78, 5) is 10.1. The topological polar surface area (TPSA) is 42.3 Å². The van der Waals surface area contributed by atoms with Crippen molar-refractivity contribution in [1.29, 1.82) is 0 Å². The van der Waals surface area contributed by atoms with E-state index in [-0.39, 0.29) is 34.6 Å². The Hall–Kier alpha value is -2.47.